The minimum Gasteiger partial charge on any atom is -0.497 e. The third kappa shape index (κ3) is 7.20. The van der Waals surface area contributed by atoms with Crippen LogP contribution < -0.4 is 10.1 Å². The number of rotatable bonds is 10. The van der Waals surface area contributed by atoms with E-state index in [-0.39, 0.29) is 0 Å². The summed E-state index contributed by atoms with van der Waals surface area (Å²) in [7, 11) is 1.71. The summed E-state index contributed by atoms with van der Waals surface area (Å²) in [6.45, 7) is 7.88. The molecule has 20 heavy (non-hydrogen) atoms. The Morgan fingerprint density at radius 3 is 2.45 bits per heavy atom. The van der Waals surface area contributed by atoms with Gasteiger partial charge in [-0.25, -0.2) is 0 Å². The number of aryl methyl sites for hydroxylation is 1. The molecule has 0 aliphatic carbocycles. The largest absolute Gasteiger partial charge is 0.497 e. The monoisotopic (exact) mass is 295 g/mol. The van der Waals surface area contributed by atoms with Crippen molar-refractivity contribution in [3.63, 3.8) is 0 Å². The first-order chi connectivity index (χ1) is 9.65. The Hall–Kier alpha value is -0.670. The molecule has 3 heteroatoms. The fraction of sp³-hybridized carbons (Fsp3) is 0.647. The van der Waals surface area contributed by atoms with Crippen molar-refractivity contribution in [3.8, 4) is 5.75 Å². The summed E-state index contributed by atoms with van der Waals surface area (Å²) in [4.78, 5) is 0. The van der Waals surface area contributed by atoms with Crippen molar-refractivity contribution in [1.29, 1.82) is 0 Å². The first-order valence-corrected chi connectivity index (χ1v) is 8.68. The van der Waals surface area contributed by atoms with Gasteiger partial charge in [-0.1, -0.05) is 32.9 Å². The van der Waals surface area contributed by atoms with Crippen LogP contribution in [0.25, 0.3) is 0 Å². The molecule has 0 bridgehead atoms. The average Bonchev–Trinajstić information content (AvgIpc) is 2.46. The zero-order valence-corrected chi connectivity index (χ0v) is 14.1. The molecule has 1 N–H and O–H groups in total. The molecule has 1 rings (SSSR count). The predicted octanol–water partition coefficient (Wildman–Crippen LogP) is 4.14. The van der Waals surface area contributed by atoms with Crippen molar-refractivity contribution >= 4 is 11.8 Å². The number of benzene rings is 1. The SMILES string of the molecule is CCCNC(CCc1ccc(OC)cc1)CSC(C)C. The van der Waals surface area contributed by atoms with Crippen molar-refractivity contribution in [2.24, 2.45) is 0 Å². The van der Waals surface area contributed by atoms with Crippen LogP contribution in [0.4, 0.5) is 0 Å². The summed E-state index contributed by atoms with van der Waals surface area (Å²) < 4.78 is 5.20. The zero-order valence-electron chi connectivity index (χ0n) is 13.3. The van der Waals surface area contributed by atoms with E-state index >= 15 is 0 Å². The Balaban J connectivity index is 2.42. The second-order valence-corrected chi connectivity index (χ2v) is 7.03. The Kier molecular flexibility index (Phi) is 8.79. The molecule has 1 aromatic rings. The molecule has 0 fully saturated rings. The molecule has 0 heterocycles. The zero-order chi connectivity index (χ0) is 14.8. The molecule has 1 aromatic carbocycles. The highest BCUT2D eigenvalue weighted by Crippen LogP contribution is 2.16. The van der Waals surface area contributed by atoms with Gasteiger partial charge in [0.1, 0.15) is 5.75 Å². The number of hydrogen-bond donors (Lipinski definition) is 1. The van der Waals surface area contributed by atoms with E-state index in [1.807, 2.05) is 23.9 Å². The lowest BCUT2D eigenvalue weighted by molar-refractivity contribution is 0.414. The molecule has 114 valence electrons. The molecule has 2 nitrogen and oxygen atoms in total. The maximum absolute atomic E-state index is 5.20. The van der Waals surface area contributed by atoms with Crippen molar-refractivity contribution in [2.45, 2.75) is 51.3 Å². The van der Waals surface area contributed by atoms with Crippen LogP contribution in [-0.2, 0) is 6.42 Å². The van der Waals surface area contributed by atoms with Gasteiger partial charge in [0.05, 0.1) is 7.11 Å². The second-order valence-electron chi connectivity index (χ2n) is 5.42. The van der Waals surface area contributed by atoms with Crippen molar-refractivity contribution in [1.82, 2.24) is 5.32 Å². The summed E-state index contributed by atoms with van der Waals surface area (Å²) in [6.07, 6.45) is 3.53. The number of ether oxygens (including phenoxy) is 1. The lowest BCUT2D eigenvalue weighted by Gasteiger charge is -2.19. The maximum Gasteiger partial charge on any atom is 0.118 e. The highest BCUT2D eigenvalue weighted by Gasteiger charge is 2.09. The summed E-state index contributed by atoms with van der Waals surface area (Å²) in [5, 5.41) is 4.38. The van der Waals surface area contributed by atoms with Crippen LogP contribution >= 0.6 is 11.8 Å². The lowest BCUT2D eigenvalue weighted by Crippen LogP contribution is -2.33. The van der Waals surface area contributed by atoms with Gasteiger partial charge in [0.15, 0.2) is 0 Å². The van der Waals surface area contributed by atoms with Crippen LogP contribution in [0.1, 0.15) is 39.2 Å². The molecule has 1 atom stereocenters. The van der Waals surface area contributed by atoms with E-state index in [0.717, 1.165) is 18.7 Å². The molecule has 0 spiro atoms. The molecule has 0 aliphatic rings. The summed E-state index contributed by atoms with van der Waals surface area (Å²) >= 11 is 2.05. The molecule has 0 aliphatic heterocycles. The van der Waals surface area contributed by atoms with Gasteiger partial charge in [-0.2, -0.15) is 11.8 Å². The third-order valence-electron chi connectivity index (χ3n) is 3.25. The van der Waals surface area contributed by atoms with E-state index in [1.54, 1.807) is 7.11 Å². The molecule has 0 saturated carbocycles. The summed E-state index contributed by atoms with van der Waals surface area (Å²) in [6, 6.07) is 9.06. The lowest BCUT2D eigenvalue weighted by atomic mass is 10.1. The van der Waals surface area contributed by atoms with Gasteiger partial charge >= 0.3 is 0 Å². The highest BCUT2D eigenvalue weighted by molar-refractivity contribution is 7.99. The predicted molar refractivity (Wildman–Crippen MR) is 91.0 cm³/mol. The van der Waals surface area contributed by atoms with Crippen molar-refractivity contribution in [3.05, 3.63) is 29.8 Å². The Bertz CT molecular complexity index is 351. The first kappa shape index (κ1) is 17.4. The van der Waals surface area contributed by atoms with Crippen LogP contribution in [0.3, 0.4) is 0 Å². The Morgan fingerprint density at radius 1 is 1.20 bits per heavy atom. The minimum absolute atomic E-state index is 0.615. The standard InChI is InChI=1S/C17H29NOS/c1-5-12-18-16(13-20-14(2)3)9-6-15-7-10-17(19-4)11-8-15/h7-8,10-11,14,16,18H,5-6,9,12-13H2,1-4H3. The molecule has 0 saturated heterocycles. The van der Waals surface area contributed by atoms with E-state index < -0.39 is 0 Å². The second kappa shape index (κ2) is 10.1. The normalized spacial score (nSPS) is 12.7. The van der Waals surface area contributed by atoms with Crippen LogP contribution in [-0.4, -0.2) is 30.7 Å². The Morgan fingerprint density at radius 2 is 1.90 bits per heavy atom. The molecule has 0 amide bonds. The fourth-order valence-electron chi connectivity index (χ4n) is 2.03. The van der Waals surface area contributed by atoms with Crippen molar-refractivity contribution in [2.75, 3.05) is 19.4 Å². The molecule has 1 unspecified atom stereocenters. The van der Waals surface area contributed by atoms with Gasteiger partial charge in [0.25, 0.3) is 0 Å². The van der Waals surface area contributed by atoms with Gasteiger partial charge in [-0.05, 0) is 48.8 Å². The number of nitrogens with one attached hydrogen (secondary N) is 1. The quantitative estimate of drug-likeness (QED) is 0.701. The topological polar surface area (TPSA) is 21.3 Å². The number of thioether (sulfide) groups is 1. The molecule has 0 radical (unpaired) electrons. The van der Waals surface area contributed by atoms with Gasteiger partial charge in [-0.15, -0.1) is 0 Å². The van der Waals surface area contributed by atoms with E-state index in [1.165, 1.54) is 24.2 Å². The van der Waals surface area contributed by atoms with Crippen LogP contribution in [0, 0.1) is 0 Å². The van der Waals surface area contributed by atoms with Crippen LogP contribution in [0.2, 0.25) is 0 Å². The number of hydrogen-bond acceptors (Lipinski definition) is 3. The molecular weight excluding hydrogens is 266 g/mol. The maximum atomic E-state index is 5.20. The summed E-state index contributed by atoms with van der Waals surface area (Å²) in [5.74, 6) is 2.14. The van der Waals surface area contributed by atoms with Gasteiger partial charge < -0.3 is 10.1 Å². The Labute approximate surface area is 128 Å². The minimum atomic E-state index is 0.615. The van der Waals surface area contributed by atoms with E-state index in [9.17, 15) is 0 Å². The van der Waals surface area contributed by atoms with Gasteiger partial charge in [-0.3, -0.25) is 0 Å². The van der Waals surface area contributed by atoms with Gasteiger partial charge in [0.2, 0.25) is 0 Å². The summed E-state index contributed by atoms with van der Waals surface area (Å²) in [5.41, 5.74) is 1.39. The smallest absolute Gasteiger partial charge is 0.118 e. The molecule has 0 aromatic heterocycles. The van der Waals surface area contributed by atoms with E-state index in [0.29, 0.717) is 11.3 Å². The average molecular weight is 295 g/mol. The third-order valence-corrected chi connectivity index (χ3v) is 4.52. The highest BCUT2D eigenvalue weighted by atomic mass is 32.2. The van der Waals surface area contributed by atoms with Crippen LogP contribution in [0.5, 0.6) is 5.75 Å². The molecular formula is C17H29NOS. The van der Waals surface area contributed by atoms with E-state index in [2.05, 4.69) is 38.2 Å². The van der Waals surface area contributed by atoms with E-state index in [4.69, 9.17) is 4.74 Å². The number of methoxy groups -OCH3 is 1. The van der Waals surface area contributed by atoms with Crippen LogP contribution in [0.15, 0.2) is 24.3 Å². The van der Waals surface area contributed by atoms with Gasteiger partial charge in [0, 0.05) is 11.8 Å². The first-order valence-electron chi connectivity index (χ1n) is 7.63. The fourth-order valence-corrected chi connectivity index (χ4v) is 2.94. The van der Waals surface area contributed by atoms with Crippen molar-refractivity contribution < 1.29 is 4.74 Å².